The van der Waals surface area contributed by atoms with Gasteiger partial charge in [-0.15, -0.1) is 11.8 Å². The zero-order valence-electron chi connectivity index (χ0n) is 19.1. The van der Waals surface area contributed by atoms with E-state index < -0.39 is 10.0 Å². The van der Waals surface area contributed by atoms with E-state index in [1.54, 1.807) is 30.2 Å². The SMILES string of the molecule is COc1ncc(-c2ccc3ncc(C#N)c(N4CCSC(C)(CO)C4)c3c2)cc1NS(C)(=O)=O. The van der Waals surface area contributed by atoms with E-state index in [1.165, 1.54) is 7.11 Å². The summed E-state index contributed by atoms with van der Waals surface area (Å²) in [5.74, 6) is 0.993. The van der Waals surface area contributed by atoms with Crippen molar-refractivity contribution in [3.8, 4) is 23.1 Å². The highest BCUT2D eigenvalue weighted by molar-refractivity contribution is 8.00. The topological polar surface area (TPSA) is 128 Å². The number of ether oxygens (including phenoxy) is 1. The monoisotopic (exact) mass is 499 g/mol. The summed E-state index contributed by atoms with van der Waals surface area (Å²) in [5, 5.41) is 20.5. The number of nitrogens with zero attached hydrogens (tertiary/aromatic N) is 4. The van der Waals surface area contributed by atoms with Crippen LogP contribution in [0.3, 0.4) is 0 Å². The summed E-state index contributed by atoms with van der Waals surface area (Å²) >= 11 is 1.73. The lowest BCUT2D eigenvalue weighted by molar-refractivity contribution is 0.256. The average molecular weight is 500 g/mol. The summed E-state index contributed by atoms with van der Waals surface area (Å²) in [6.45, 7) is 3.39. The molecule has 0 bridgehead atoms. The summed E-state index contributed by atoms with van der Waals surface area (Å²) in [5.41, 5.74) is 3.68. The van der Waals surface area contributed by atoms with Crippen molar-refractivity contribution in [2.24, 2.45) is 0 Å². The van der Waals surface area contributed by atoms with Crippen molar-refractivity contribution in [1.82, 2.24) is 9.97 Å². The Morgan fingerprint density at radius 2 is 2.09 bits per heavy atom. The van der Waals surface area contributed by atoms with Crippen LogP contribution in [0.2, 0.25) is 0 Å². The Balaban J connectivity index is 1.85. The van der Waals surface area contributed by atoms with Crippen molar-refractivity contribution in [1.29, 1.82) is 5.26 Å². The minimum absolute atomic E-state index is 0.0396. The Morgan fingerprint density at radius 3 is 2.76 bits per heavy atom. The van der Waals surface area contributed by atoms with Crippen LogP contribution >= 0.6 is 11.8 Å². The molecule has 11 heteroatoms. The van der Waals surface area contributed by atoms with Gasteiger partial charge in [-0.3, -0.25) is 9.71 Å². The van der Waals surface area contributed by atoms with Crippen molar-refractivity contribution in [3.05, 3.63) is 42.2 Å². The predicted octanol–water partition coefficient (Wildman–Crippen LogP) is 2.85. The summed E-state index contributed by atoms with van der Waals surface area (Å²) in [6, 6.07) is 9.60. The number of pyridine rings is 2. The standard InChI is InChI=1S/C23H25N5O4S2/c1-23(14-29)13-28(6-7-33-23)21-17(10-24)12-25-19-5-4-15(8-18(19)21)16-9-20(27-34(3,30)31)22(32-2)26-11-16/h4-5,8-9,11-12,27,29H,6-7,13-14H2,1-3H3. The fourth-order valence-electron chi connectivity index (χ4n) is 4.04. The van der Waals surface area contributed by atoms with Crippen molar-refractivity contribution < 1.29 is 18.3 Å². The number of benzene rings is 1. The quantitative estimate of drug-likeness (QED) is 0.526. The smallest absolute Gasteiger partial charge is 0.238 e. The summed E-state index contributed by atoms with van der Waals surface area (Å²) in [4.78, 5) is 10.9. The molecule has 2 N–H and O–H groups in total. The summed E-state index contributed by atoms with van der Waals surface area (Å²) in [7, 11) is -2.11. The number of nitriles is 1. The Morgan fingerprint density at radius 1 is 1.29 bits per heavy atom. The van der Waals surface area contributed by atoms with E-state index in [0.29, 0.717) is 17.7 Å². The molecule has 1 unspecified atom stereocenters. The number of fused-ring (bicyclic) bond motifs is 1. The number of nitrogens with one attached hydrogen (secondary N) is 1. The molecule has 0 saturated carbocycles. The molecular formula is C23H25N5O4S2. The molecule has 1 aromatic carbocycles. The zero-order valence-corrected chi connectivity index (χ0v) is 20.7. The van der Waals surface area contributed by atoms with E-state index in [1.807, 2.05) is 25.1 Å². The van der Waals surface area contributed by atoms with Crippen LogP contribution in [0.25, 0.3) is 22.0 Å². The number of rotatable bonds is 6. The number of methoxy groups -OCH3 is 1. The second-order valence-electron chi connectivity index (χ2n) is 8.40. The van der Waals surface area contributed by atoms with E-state index in [9.17, 15) is 18.8 Å². The molecule has 1 atom stereocenters. The largest absolute Gasteiger partial charge is 0.480 e. The Hall–Kier alpha value is -3.07. The maximum atomic E-state index is 11.8. The maximum Gasteiger partial charge on any atom is 0.238 e. The lowest BCUT2D eigenvalue weighted by Crippen LogP contribution is -2.47. The van der Waals surface area contributed by atoms with Gasteiger partial charge in [0.2, 0.25) is 15.9 Å². The van der Waals surface area contributed by atoms with Gasteiger partial charge in [0.05, 0.1) is 41.5 Å². The highest BCUT2D eigenvalue weighted by atomic mass is 32.2. The molecule has 3 aromatic rings. The van der Waals surface area contributed by atoms with Crippen LogP contribution in [0.1, 0.15) is 12.5 Å². The second-order valence-corrected chi connectivity index (χ2v) is 11.8. The number of anilines is 2. The molecule has 0 aliphatic carbocycles. The van der Waals surface area contributed by atoms with Gasteiger partial charge in [-0.05, 0) is 30.7 Å². The zero-order chi connectivity index (χ0) is 24.5. The molecule has 0 amide bonds. The van der Waals surface area contributed by atoms with Crippen LogP contribution in [-0.2, 0) is 10.0 Å². The minimum atomic E-state index is -3.53. The lowest BCUT2D eigenvalue weighted by atomic mass is 10.0. The average Bonchev–Trinajstić information content (AvgIpc) is 2.82. The molecule has 4 rings (SSSR count). The third-order valence-corrected chi connectivity index (χ3v) is 7.55. The first-order valence-corrected chi connectivity index (χ1v) is 13.4. The Labute approximate surface area is 202 Å². The molecule has 178 valence electrons. The Kier molecular flexibility index (Phi) is 6.58. The highest BCUT2D eigenvalue weighted by Crippen LogP contribution is 2.38. The van der Waals surface area contributed by atoms with Gasteiger partial charge in [0, 0.05) is 42.2 Å². The molecular weight excluding hydrogens is 474 g/mol. The normalized spacial score (nSPS) is 18.5. The molecule has 1 saturated heterocycles. The van der Waals surface area contributed by atoms with Crippen LogP contribution in [0.4, 0.5) is 11.4 Å². The number of aliphatic hydroxyl groups excluding tert-OH is 1. The van der Waals surface area contributed by atoms with E-state index >= 15 is 0 Å². The van der Waals surface area contributed by atoms with Gasteiger partial charge in [-0.25, -0.2) is 13.4 Å². The number of aromatic nitrogens is 2. The summed E-state index contributed by atoms with van der Waals surface area (Å²) in [6.07, 6.45) is 4.25. The fourth-order valence-corrected chi connectivity index (χ4v) is 5.73. The van der Waals surface area contributed by atoms with E-state index in [-0.39, 0.29) is 22.9 Å². The van der Waals surface area contributed by atoms with Gasteiger partial charge in [0.1, 0.15) is 11.8 Å². The first kappa shape index (κ1) is 24.1. The maximum absolute atomic E-state index is 11.8. The third kappa shape index (κ3) is 4.89. The number of hydrogen-bond acceptors (Lipinski definition) is 9. The molecule has 3 heterocycles. The van der Waals surface area contributed by atoms with Crippen LogP contribution in [0.15, 0.2) is 36.7 Å². The van der Waals surface area contributed by atoms with Gasteiger partial charge in [-0.1, -0.05) is 6.07 Å². The van der Waals surface area contributed by atoms with E-state index in [2.05, 4.69) is 25.7 Å². The van der Waals surface area contributed by atoms with Gasteiger partial charge in [0.25, 0.3) is 0 Å². The molecule has 34 heavy (non-hydrogen) atoms. The van der Waals surface area contributed by atoms with Gasteiger partial charge in [-0.2, -0.15) is 5.26 Å². The highest BCUT2D eigenvalue weighted by Gasteiger charge is 2.33. The third-order valence-electron chi connectivity index (χ3n) is 5.62. The first-order valence-electron chi connectivity index (χ1n) is 10.5. The van der Waals surface area contributed by atoms with E-state index in [0.717, 1.165) is 40.7 Å². The second kappa shape index (κ2) is 9.29. The molecule has 0 spiro atoms. The van der Waals surface area contributed by atoms with Crippen LogP contribution in [0, 0.1) is 11.3 Å². The number of thioether (sulfide) groups is 1. The molecule has 1 aliphatic heterocycles. The fraction of sp³-hybridized carbons (Fsp3) is 0.348. The van der Waals surface area contributed by atoms with Crippen molar-refractivity contribution in [2.45, 2.75) is 11.7 Å². The lowest BCUT2D eigenvalue weighted by Gasteiger charge is -2.40. The van der Waals surface area contributed by atoms with Gasteiger partial charge < -0.3 is 14.7 Å². The molecule has 1 fully saturated rings. The van der Waals surface area contributed by atoms with Gasteiger partial charge in [0.15, 0.2) is 0 Å². The van der Waals surface area contributed by atoms with Crippen LogP contribution in [-0.4, -0.2) is 67.1 Å². The van der Waals surface area contributed by atoms with Crippen molar-refractivity contribution in [3.63, 3.8) is 0 Å². The molecule has 0 radical (unpaired) electrons. The predicted molar refractivity (Wildman–Crippen MR) is 135 cm³/mol. The Bertz CT molecular complexity index is 1390. The molecule has 1 aliphatic rings. The number of aliphatic hydroxyl groups is 1. The van der Waals surface area contributed by atoms with Crippen LogP contribution in [0.5, 0.6) is 5.88 Å². The van der Waals surface area contributed by atoms with Crippen LogP contribution < -0.4 is 14.4 Å². The van der Waals surface area contributed by atoms with Gasteiger partial charge >= 0.3 is 0 Å². The number of sulfonamides is 1. The summed E-state index contributed by atoms with van der Waals surface area (Å²) < 4.78 is 30.9. The molecule has 9 nitrogen and oxygen atoms in total. The van der Waals surface area contributed by atoms with Crippen molar-refractivity contribution >= 4 is 44.1 Å². The number of hydrogen-bond donors (Lipinski definition) is 2. The first-order chi connectivity index (χ1) is 16.2. The molecule has 2 aromatic heterocycles. The minimum Gasteiger partial charge on any atom is -0.480 e. The van der Waals surface area contributed by atoms with E-state index in [4.69, 9.17) is 4.74 Å². The van der Waals surface area contributed by atoms with Crippen molar-refractivity contribution in [2.75, 3.05) is 48.4 Å².